The number of nitrogens with zero attached hydrogens (tertiary/aromatic N) is 1. The van der Waals surface area contributed by atoms with Gasteiger partial charge in [0.25, 0.3) is 0 Å². The number of rotatable bonds is 4. The van der Waals surface area contributed by atoms with Crippen LogP contribution < -0.4 is 4.74 Å². The largest absolute Gasteiger partial charge is 0.495 e. The summed E-state index contributed by atoms with van der Waals surface area (Å²) in [6, 6.07) is 1.80. The number of aliphatic carboxylic acids is 1. The molecular weight excluding hydrogens is 194 g/mol. The molecule has 1 rings (SSSR count). The van der Waals surface area contributed by atoms with Gasteiger partial charge in [-0.05, 0) is 31.9 Å². The maximum absolute atomic E-state index is 10.9. The van der Waals surface area contributed by atoms with Crippen molar-refractivity contribution in [3.05, 3.63) is 24.0 Å². The van der Waals surface area contributed by atoms with Gasteiger partial charge in [0.2, 0.25) is 0 Å². The molecule has 0 atom stereocenters. The van der Waals surface area contributed by atoms with Gasteiger partial charge < -0.3 is 9.84 Å². The molecule has 0 aliphatic carbocycles. The summed E-state index contributed by atoms with van der Waals surface area (Å²) in [6.45, 7) is 3.38. The van der Waals surface area contributed by atoms with Crippen LogP contribution in [0.25, 0.3) is 0 Å². The van der Waals surface area contributed by atoms with Gasteiger partial charge in [0.1, 0.15) is 5.75 Å². The van der Waals surface area contributed by atoms with E-state index in [0.717, 1.165) is 5.56 Å². The first-order valence-corrected chi connectivity index (χ1v) is 4.67. The lowest BCUT2D eigenvalue weighted by Gasteiger charge is -2.18. The van der Waals surface area contributed by atoms with Gasteiger partial charge in [-0.25, -0.2) is 0 Å². The molecule has 0 spiro atoms. The average Bonchev–Trinajstić information content (AvgIpc) is 2.17. The van der Waals surface area contributed by atoms with Crippen molar-refractivity contribution in [1.29, 1.82) is 0 Å². The SMILES string of the molecule is COc1cncc(CC(C)(C)C(=O)O)c1. The van der Waals surface area contributed by atoms with Crippen LogP contribution >= 0.6 is 0 Å². The molecule has 1 aromatic rings. The molecule has 1 heterocycles. The van der Waals surface area contributed by atoms with Crippen LogP contribution in [0.4, 0.5) is 0 Å². The van der Waals surface area contributed by atoms with E-state index in [1.165, 1.54) is 0 Å². The number of ether oxygens (including phenoxy) is 1. The lowest BCUT2D eigenvalue weighted by atomic mass is 9.86. The molecule has 0 saturated heterocycles. The van der Waals surface area contributed by atoms with E-state index in [-0.39, 0.29) is 0 Å². The minimum atomic E-state index is -0.815. The predicted octanol–water partition coefficient (Wildman–Crippen LogP) is 1.74. The smallest absolute Gasteiger partial charge is 0.309 e. The predicted molar refractivity (Wildman–Crippen MR) is 55.9 cm³/mol. The highest BCUT2D eigenvalue weighted by atomic mass is 16.5. The van der Waals surface area contributed by atoms with Crippen LogP contribution in [0.3, 0.4) is 0 Å². The average molecular weight is 209 g/mol. The molecule has 82 valence electrons. The van der Waals surface area contributed by atoms with Crippen molar-refractivity contribution in [2.45, 2.75) is 20.3 Å². The maximum Gasteiger partial charge on any atom is 0.309 e. The first-order valence-electron chi connectivity index (χ1n) is 4.67. The Morgan fingerprint density at radius 1 is 1.53 bits per heavy atom. The van der Waals surface area contributed by atoms with Gasteiger partial charge in [-0.1, -0.05) is 0 Å². The quantitative estimate of drug-likeness (QED) is 0.820. The van der Waals surface area contributed by atoms with Crippen LogP contribution in [0, 0.1) is 5.41 Å². The third kappa shape index (κ3) is 2.94. The molecule has 0 aromatic carbocycles. The fourth-order valence-corrected chi connectivity index (χ4v) is 1.26. The van der Waals surface area contributed by atoms with Crippen molar-refractivity contribution in [3.8, 4) is 5.75 Å². The molecular formula is C11H15NO3. The van der Waals surface area contributed by atoms with E-state index in [2.05, 4.69) is 4.98 Å². The molecule has 1 aromatic heterocycles. The lowest BCUT2D eigenvalue weighted by Crippen LogP contribution is -2.26. The van der Waals surface area contributed by atoms with Crippen molar-refractivity contribution in [2.24, 2.45) is 5.41 Å². The normalized spacial score (nSPS) is 11.1. The third-order valence-electron chi connectivity index (χ3n) is 2.23. The first kappa shape index (κ1) is 11.5. The number of carbonyl (C=O) groups is 1. The number of methoxy groups -OCH3 is 1. The zero-order valence-electron chi connectivity index (χ0n) is 9.15. The Bertz CT molecular complexity index is 361. The Hall–Kier alpha value is -1.58. The maximum atomic E-state index is 10.9. The summed E-state index contributed by atoms with van der Waals surface area (Å²) in [6.07, 6.45) is 3.69. The number of hydrogen-bond donors (Lipinski definition) is 1. The van der Waals surface area contributed by atoms with Gasteiger partial charge in [-0.15, -0.1) is 0 Å². The fourth-order valence-electron chi connectivity index (χ4n) is 1.26. The van der Waals surface area contributed by atoms with Crippen LogP contribution in [0.15, 0.2) is 18.5 Å². The minimum Gasteiger partial charge on any atom is -0.495 e. The molecule has 4 heteroatoms. The van der Waals surface area contributed by atoms with Crippen molar-refractivity contribution < 1.29 is 14.6 Å². The van der Waals surface area contributed by atoms with Crippen molar-refractivity contribution in [1.82, 2.24) is 4.98 Å². The van der Waals surface area contributed by atoms with Gasteiger partial charge >= 0.3 is 5.97 Å². The highest BCUT2D eigenvalue weighted by Gasteiger charge is 2.27. The van der Waals surface area contributed by atoms with Crippen molar-refractivity contribution >= 4 is 5.97 Å². The third-order valence-corrected chi connectivity index (χ3v) is 2.23. The van der Waals surface area contributed by atoms with Crippen LogP contribution in [0.1, 0.15) is 19.4 Å². The Labute approximate surface area is 88.9 Å². The van der Waals surface area contributed by atoms with E-state index in [9.17, 15) is 4.79 Å². The second kappa shape index (κ2) is 4.29. The number of hydrogen-bond acceptors (Lipinski definition) is 3. The van der Waals surface area contributed by atoms with Crippen molar-refractivity contribution in [3.63, 3.8) is 0 Å². The molecule has 0 saturated carbocycles. The first-order chi connectivity index (χ1) is 6.95. The van der Waals surface area contributed by atoms with E-state index >= 15 is 0 Å². The van der Waals surface area contributed by atoms with Gasteiger partial charge in [0.05, 0.1) is 18.7 Å². The van der Waals surface area contributed by atoms with Crippen LogP contribution in [0.5, 0.6) is 5.75 Å². The molecule has 4 nitrogen and oxygen atoms in total. The summed E-state index contributed by atoms with van der Waals surface area (Å²) in [4.78, 5) is 14.9. The molecule has 0 unspecified atom stereocenters. The molecule has 0 amide bonds. The second-order valence-corrected chi connectivity index (χ2v) is 4.10. The van der Waals surface area contributed by atoms with E-state index in [1.54, 1.807) is 39.4 Å². The summed E-state index contributed by atoms with van der Waals surface area (Å²) >= 11 is 0. The van der Waals surface area contributed by atoms with Gasteiger partial charge in [0, 0.05) is 6.20 Å². The molecule has 0 aliphatic rings. The van der Waals surface area contributed by atoms with Gasteiger partial charge in [-0.3, -0.25) is 9.78 Å². The zero-order chi connectivity index (χ0) is 11.5. The molecule has 0 aliphatic heterocycles. The zero-order valence-corrected chi connectivity index (χ0v) is 9.15. The molecule has 15 heavy (non-hydrogen) atoms. The Morgan fingerprint density at radius 3 is 2.73 bits per heavy atom. The van der Waals surface area contributed by atoms with E-state index in [4.69, 9.17) is 9.84 Å². The minimum absolute atomic E-state index is 0.437. The molecule has 1 N–H and O–H groups in total. The summed E-state index contributed by atoms with van der Waals surface area (Å²) in [5.74, 6) is -0.168. The van der Waals surface area contributed by atoms with E-state index in [1.807, 2.05) is 0 Å². The number of aromatic nitrogens is 1. The second-order valence-electron chi connectivity index (χ2n) is 4.10. The monoisotopic (exact) mass is 209 g/mol. The molecule has 0 radical (unpaired) electrons. The van der Waals surface area contributed by atoms with E-state index in [0.29, 0.717) is 12.2 Å². The summed E-state index contributed by atoms with van der Waals surface area (Å²) in [5, 5.41) is 8.98. The number of pyridine rings is 1. The van der Waals surface area contributed by atoms with Gasteiger partial charge in [-0.2, -0.15) is 0 Å². The highest BCUT2D eigenvalue weighted by molar-refractivity contribution is 5.74. The van der Waals surface area contributed by atoms with Gasteiger partial charge in [0.15, 0.2) is 0 Å². The number of carboxylic acid groups (broad SMARTS) is 1. The Morgan fingerprint density at radius 2 is 2.20 bits per heavy atom. The Kier molecular flexibility index (Phi) is 3.29. The van der Waals surface area contributed by atoms with Crippen molar-refractivity contribution in [2.75, 3.05) is 7.11 Å². The molecule has 0 fully saturated rings. The topological polar surface area (TPSA) is 59.4 Å². The van der Waals surface area contributed by atoms with Crippen LogP contribution in [-0.4, -0.2) is 23.2 Å². The molecule has 0 bridgehead atoms. The summed E-state index contributed by atoms with van der Waals surface area (Å²) in [7, 11) is 1.56. The Balaban J connectivity index is 2.85. The summed E-state index contributed by atoms with van der Waals surface area (Å²) < 4.78 is 5.02. The van der Waals surface area contributed by atoms with Crippen LogP contribution in [-0.2, 0) is 11.2 Å². The summed E-state index contributed by atoms with van der Waals surface area (Å²) in [5.41, 5.74) is 0.0790. The van der Waals surface area contributed by atoms with Crippen LogP contribution in [0.2, 0.25) is 0 Å². The number of carboxylic acids is 1. The van der Waals surface area contributed by atoms with E-state index < -0.39 is 11.4 Å². The highest BCUT2D eigenvalue weighted by Crippen LogP contribution is 2.23. The fraction of sp³-hybridized carbons (Fsp3) is 0.455. The standard InChI is InChI=1S/C11H15NO3/c1-11(2,10(13)14)5-8-4-9(15-3)7-12-6-8/h4,6-7H,5H2,1-3H3,(H,13,14). The lowest BCUT2D eigenvalue weighted by molar-refractivity contribution is -0.146.